The Balaban J connectivity index is 3.05. The van der Waals surface area contributed by atoms with Gasteiger partial charge in [-0.15, -0.1) is 0 Å². The minimum Gasteiger partial charge on any atom is -0.497 e. The van der Waals surface area contributed by atoms with Crippen molar-refractivity contribution in [2.75, 3.05) is 7.11 Å². The lowest BCUT2D eigenvalue weighted by Crippen LogP contribution is -1.86. The van der Waals surface area contributed by atoms with E-state index in [1.807, 2.05) is 0 Å². The van der Waals surface area contributed by atoms with Crippen molar-refractivity contribution in [2.24, 2.45) is 0 Å². The maximum Gasteiger partial charge on any atom is 0.130 e. The summed E-state index contributed by atoms with van der Waals surface area (Å²) in [6.45, 7) is 0. The Kier molecular flexibility index (Phi) is 3.04. The Bertz CT molecular complexity index is 366. The lowest BCUT2D eigenvalue weighted by atomic mass is 10.2. The lowest BCUT2D eigenvalue weighted by Gasteiger charge is -2.01. The number of benzene rings is 1. The fourth-order valence-electron chi connectivity index (χ4n) is 0.904. The Morgan fingerprint density at radius 3 is 2.92 bits per heavy atom. The van der Waals surface area contributed by atoms with E-state index in [4.69, 9.17) is 10.00 Å². The minimum atomic E-state index is -0.368. The van der Waals surface area contributed by atoms with Crippen LogP contribution in [0.25, 0.3) is 6.08 Å². The molecule has 0 aromatic heterocycles. The molecule has 0 aliphatic carbocycles. The summed E-state index contributed by atoms with van der Waals surface area (Å²) in [7, 11) is 1.50. The fraction of sp³-hybridized carbons (Fsp3) is 0.100. The quantitative estimate of drug-likeness (QED) is 0.649. The molecule has 0 heterocycles. The Labute approximate surface area is 75.9 Å². The summed E-state index contributed by atoms with van der Waals surface area (Å²) < 4.78 is 17.9. The fourth-order valence-corrected chi connectivity index (χ4v) is 0.904. The third-order valence-electron chi connectivity index (χ3n) is 1.54. The first-order chi connectivity index (χ1) is 6.27. The molecule has 0 spiro atoms. The van der Waals surface area contributed by atoms with Crippen molar-refractivity contribution in [1.82, 2.24) is 0 Å². The summed E-state index contributed by atoms with van der Waals surface area (Å²) in [5.74, 6) is 0.200. The molecule has 0 bridgehead atoms. The molecule has 0 aliphatic heterocycles. The summed E-state index contributed by atoms with van der Waals surface area (Å²) in [5, 5.41) is 8.25. The van der Waals surface area contributed by atoms with Crippen LogP contribution in [-0.2, 0) is 0 Å². The number of ether oxygens (including phenoxy) is 1. The van der Waals surface area contributed by atoms with Gasteiger partial charge in [-0.05, 0) is 24.3 Å². The van der Waals surface area contributed by atoms with E-state index in [1.54, 1.807) is 6.07 Å². The lowest BCUT2D eigenvalue weighted by molar-refractivity contribution is 0.413. The second-order valence-electron chi connectivity index (χ2n) is 2.35. The van der Waals surface area contributed by atoms with Gasteiger partial charge in [-0.3, -0.25) is 0 Å². The first kappa shape index (κ1) is 9.27. The molecule has 66 valence electrons. The van der Waals surface area contributed by atoms with Gasteiger partial charge in [0, 0.05) is 11.6 Å². The SMILES string of the molecule is COc1ccc(F)c(/C=C/C#N)c1. The zero-order valence-corrected chi connectivity index (χ0v) is 7.12. The van der Waals surface area contributed by atoms with Crippen molar-refractivity contribution in [2.45, 2.75) is 0 Å². The van der Waals surface area contributed by atoms with Crippen LogP contribution >= 0.6 is 0 Å². The highest BCUT2D eigenvalue weighted by molar-refractivity contribution is 5.54. The van der Waals surface area contributed by atoms with Crippen LogP contribution in [0.3, 0.4) is 0 Å². The van der Waals surface area contributed by atoms with E-state index in [1.165, 1.54) is 37.5 Å². The molecular formula is C10H8FNO. The van der Waals surface area contributed by atoms with Crippen molar-refractivity contribution in [1.29, 1.82) is 5.26 Å². The van der Waals surface area contributed by atoms with Crippen molar-refractivity contribution in [3.63, 3.8) is 0 Å². The predicted molar refractivity (Wildman–Crippen MR) is 47.6 cm³/mol. The molecule has 2 nitrogen and oxygen atoms in total. The molecule has 0 atom stereocenters. The molecule has 0 unspecified atom stereocenters. The standard InChI is InChI=1S/C10H8FNO/c1-13-9-4-5-10(11)8(7-9)3-2-6-12/h2-5,7H,1H3/b3-2+. The van der Waals surface area contributed by atoms with Crippen LogP contribution in [0, 0.1) is 17.1 Å². The second-order valence-corrected chi connectivity index (χ2v) is 2.35. The van der Waals surface area contributed by atoms with Gasteiger partial charge in [-0.1, -0.05) is 0 Å². The largest absolute Gasteiger partial charge is 0.497 e. The monoisotopic (exact) mass is 177 g/mol. The molecule has 0 N–H and O–H groups in total. The molecule has 0 saturated carbocycles. The van der Waals surface area contributed by atoms with Crippen LogP contribution < -0.4 is 4.74 Å². The van der Waals surface area contributed by atoms with Crippen LogP contribution in [0.2, 0.25) is 0 Å². The number of allylic oxidation sites excluding steroid dienone is 1. The van der Waals surface area contributed by atoms with Gasteiger partial charge in [0.2, 0.25) is 0 Å². The van der Waals surface area contributed by atoms with E-state index in [0.29, 0.717) is 11.3 Å². The summed E-state index contributed by atoms with van der Waals surface area (Å²) in [4.78, 5) is 0. The van der Waals surface area contributed by atoms with Crippen LogP contribution in [-0.4, -0.2) is 7.11 Å². The van der Waals surface area contributed by atoms with E-state index in [-0.39, 0.29) is 5.82 Å². The molecule has 0 radical (unpaired) electrons. The molecule has 0 saturated heterocycles. The number of methoxy groups -OCH3 is 1. The average molecular weight is 177 g/mol. The topological polar surface area (TPSA) is 33.0 Å². The number of rotatable bonds is 2. The van der Waals surface area contributed by atoms with E-state index in [9.17, 15) is 4.39 Å². The summed E-state index contributed by atoms with van der Waals surface area (Å²) >= 11 is 0. The molecule has 0 fully saturated rings. The van der Waals surface area contributed by atoms with Gasteiger partial charge < -0.3 is 4.74 Å². The van der Waals surface area contributed by atoms with Crippen LogP contribution in [0.5, 0.6) is 5.75 Å². The highest BCUT2D eigenvalue weighted by Crippen LogP contribution is 2.17. The Hall–Kier alpha value is -1.82. The number of hydrogen-bond acceptors (Lipinski definition) is 2. The predicted octanol–water partition coefficient (Wildman–Crippen LogP) is 2.37. The number of hydrogen-bond donors (Lipinski definition) is 0. The van der Waals surface area contributed by atoms with Crippen LogP contribution in [0.4, 0.5) is 4.39 Å². The number of nitriles is 1. The van der Waals surface area contributed by atoms with Crippen molar-refractivity contribution < 1.29 is 9.13 Å². The first-order valence-corrected chi connectivity index (χ1v) is 3.67. The van der Waals surface area contributed by atoms with Crippen molar-refractivity contribution in [3.05, 3.63) is 35.7 Å². The van der Waals surface area contributed by atoms with Crippen LogP contribution in [0.1, 0.15) is 5.56 Å². The molecule has 13 heavy (non-hydrogen) atoms. The van der Waals surface area contributed by atoms with E-state index in [0.717, 1.165) is 0 Å². The normalized spacial score (nSPS) is 9.92. The third-order valence-corrected chi connectivity index (χ3v) is 1.54. The van der Waals surface area contributed by atoms with Gasteiger partial charge >= 0.3 is 0 Å². The zero-order chi connectivity index (χ0) is 9.68. The number of nitrogens with zero attached hydrogens (tertiary/aromatic N) is 1. The van der Waals surface area contributed by atoms with E-state index < -0.39 is 0 Å². The van der Waals surface area contributed by atoms with Gasteiger partial charge in [0.1, 0.15) is 11.6 Å². The molecule has 1 aromatic carbocycles. The second kappa shape index (κ2) is 4.27. The molecule has 3 heteroatoms. The average Bonchev–Trinajstić information content (AvgIpc) is 2.17. The highest BCUT2D eigenvalue weighted by atomic mass is 19.1. The highest BCUT2D eigenvalue weighted by Gasteiger charge is 1.99. The van der Waals surface area contributed by atoms with Gasteiger partial charge in [-0.2, -0.15) is 5.26 Å². The van der Waals surface area contributed by atoms with Gasteiger partial charge in [0.05, 0.1) is 13.2 Å². The Morgan fingerprint density at radius 2 is 2.31 bits per heavy atom. The van der Waals surface area contributed by atoms with Crippen molar-refractivity contribution in [3.8, 4) is 11.8 Å². The maximum absolute atomic E-state index is 13.0. The van der Waals surface area contributed by atoms with Crippen molar-refractivity contribution >= 4 is 6.08 Å². The molecular weight excluding hydrogens is 169 g/mol. The summed E-state index contributed by atoms with van der Waals surface area (Å²) in [6.07, 6.45) is 2.62. The zero-order valence-electron chi connectivity index (χ0n) is 7.12. The van der Waals surface area contributed by atoms with E-state index >= 15 is 0 Å². The molecule has 0 amide bonds. The minimum absolute atomic E-state index is 0.348. The maximum atomic E-state index is 13.0. The summed E-state index contributed by atoms with van der Waals surface area (Å²) in [5.41, 5.74) is 0.348. The van der Waals surface area contributed by atoms with Gasteiger partial charge in [0.25, 0.3) is 0 Å². The first-order valence-electron chi connectivity index (χ1n) is 3.67. The summed E-state index contributed by atoms with van der Waals surface area (Å²) in [6, 6.07) is 6.15. The molecule has 1 aromatic rings. The van der Waals surface area contributed by atoms with Gasteiger partial charge in [-0.25, -0.2) is 4.39 Å². The third kappa shape index (κ3) is 2.31. The smallest absolute Gasteiger partial charge is 0.130 e. The molecule has 0 aliphatic rings. The van der Waals surface area contributed by atoms with Crippen LogP contribution in [0.15, 0.2) is 24.3 Å². The van der Waals surface area contributed by atoms with E-state index in [2.05, 4.69) is 0 Å². The van der Waals surface area contributed by atoms with Gasteiger partial charge in [0.15, 0.2) is 0 Å². The molecule has 1 rings (SSSR count). The number of halogens is 1. The Morgan fingerprint density at radius 1 is 1.54 bits per heavy atom.